The molecule has 1 nitrogen and oxygen atoms in total. The Kier molecular flexibility index (Phi) is 3.03. The molecule has 1 heterocycles. The Balaban J connectivity index is 2.54. The molecular weight excluding hydrogens is 233 g/mol. The summed E-state index contributed by atoms with van der Waals surface area (Å²) >= 11 is 7.20. The third-order valence-electron chi connectivity index (χ3n) is 2.08. The van der Waals surface area contributed by atoms with Gasteiger partial charge >= 0.3 is 0 Å². The summed E-state index contributed by atoms with van der Waals surface area (Å²) in [7, 11) is 0. The number of benzene rings is 1. The quantitative estimate of drug-likeness (QED) is 0.725. The molecular formula is C11H9ClFNS. The van der Waals surface area contributed by atoms with Crippen molar-refractivity contribution >= 4 is 22.9 Å². The lowest BCUT2D eigenvalue weighted by Crippen LogP contribution is -1.86. The van der Waals surface area contributed by atoms with Crippen molar-refractivity contribution in [3.63, 3.8) is 0 Å². The highest BCUT2D eigenvalue weighted by Gasteiger charge is 2.12. The Morgan fingerprint density at radius 2 is 2.13 bits per heavy atom. The number of thiazole rings is 1. The Labute approximate surface area is 96.5 Å². The van der Waals surface area contributed by atoms with E-state index in [0.717, 1.165) is 9.88 Å². The topological polar surface area (TPSA) is 12.9 Å². The van der Waals surface area contributed by atoms with Crippen molar-refractivity contribution < 1.29 is 4.39 Å². The van der Waals surface area contributed by atoms with E-state index in [4.69, 9.17) is 11.6 Å². The van der Waals surface area contributed by atoms with Gasteiger partial charge in [0.05, 0.1) is 11.6 Å². The molecule has 0 saturated heterocycles. The summed E-state index contributed by atoms with van der Waals surface area (Å²) in [5, 5.41) is 0.826. The second-order valence-electron chi connectivity index (χ2n) is 3.13. The summed E-state index contributed by atoms with van der Waals surface area (Å²) in [5.41, 5.74) is 1.25. The summed E-state index contributed by atoms with van der Waals surface area (Å²) in [6.45, 7) is 1.93. The molecule has 78 valence electrons. The van der Waals surface area contributed by atoms with Gasteiger partial charge in [0.15, 0.2) is 0 Å². The summed E-state index contributed by atoms with van der Waals surface area (Å²) in [6.07, 6.45) is 0. The normalized spacial score (nSPS) is 10.6. The van der Waals surface area contributed by atoms with Crippen LogP contribution in [0.3, 0.4) is 0 Å². The molecule has 0 bridgehead atoms. The van der Waals surface area contributed by atoms with Crippen LogP contribution in [0.5, 0.6) is 0 Å². The molecule has 1 aromatic heterocycles. The van der Waals surface area contributed by atoms with Gasteiger partial charge in [0.25, 0.3) is 0 Å². The van der Waals surface area contributed by atoms with Gasteiger partial charge < -0.3 is 0 Å². The fourth-order valence-corrected chi connectivity index (χ4v) is 2.43. The molecule has 0 amide bonds. The Hall–Kier alpha value is -0.930. The van der Waals surface area contributed by atoms with E-state index in [2.05, 4.69) is 4.98 Å². The summed E-state index contributed by atoms with van der Waals surface area (Å²) in [6, 6.07) is 6.64. The van der Waals surface area contributed by atoms with Gasteiger partial charge in [0.1, 0.15) is 10.8 Å². The standard InChI is InChI=1S/C11H9ClFNS/c1-7-11(14-10(6-12)15-7)8-4-2-3-5-9(8)13/h2-5H,6H2,1H3. The minimum absolute atomic E-state index is 0.243. The van der Waals surface area contributed by atoms with E-state index < -0.39 is 0 Å². The first-order valence-electron chi connectivity index (χ1n) is 4.49. The van der Waals surface area contributed by atoms with Crippen molar-refractivity contribution in [2.24, 2.45) is 0 Å². The van der Waals surface area contributed by atoms with Gasteiger partial charge in [-0.05, 0) is 19.1 Å². The Bertz CT molecular complexity index is 481. The van der Waals surface area contributed by atoms with E-state index in [1.54, 1.807) is 18.2 Å². The average Bonchev–Trinajstić information content (AvgIpc) is 2.60. The molecule has 2 aromatic rings. The van der Waals surface area contributed by atoms with Crippen molar-refractivity contribution in [2.45, 2.75) is 12.8 Å². The molecule has 0 aliphatic carbocycles. The molecule has 0 unspecified atom stereocenters. The first kappa shape index (κ1) is 10.6. The minimum Gasteiger partial charge on any atom is -0.240 e. The highest BCUT2D eigenvalue weighted by atomic mass is 35.5. The van der Waals surface area contributed by atoms with Crippen molar-refractivity contribution in [1.82, 2.24) is 4.98 Å². The predicted octanol–water partition coefficient (Wildman–Crippen LogP) is 4.00. The van der Waals surface area contributed by atoms with Crippen molar-refractivity contribution in [2.75, 3.05) is 0 Å². The van der Waals surface area contributed by atoms with E-state index in [1.807, 2.05) is 6.92 Å². The largest absolute Gasteiger partial charge is 0.240 e. The van der Waals surface area contributed by atoms with Crippen molar-refractivity contribution in [1.29, 1.82) is 0 Å². The molecule has 0 aliphatic heterocycles. The number of rotatable bonds is 2. The number of halogens is 2. The first-order chi connectivity index (χ1) is 7.22. The molecule has 2 rings (SSSR count). The molecule has 15 heavy (non-hydrogen) atoms. The Morgan fingerprint density at radius 1 is 1.40 bits per heavy atom. The smallest absolute Gasteiger partial charge is 0.132 e. The third kappa shape index (κ3) is 2.03. The van der Waals surface area contributed by atoms with E-state index in [9.17, 15) is 4.39 Å². The maximum atomic E-state index is 13.5. The van der Waals surface area contributed by atoms with Gasteiger partial charge in [-0.15, -0.1) is 22.9 Å². The van der Waals surface area contributed by atoms with E-state index >= 15 is 0 Å². The number of hydrogen-bond acceptors (Lipinski definition) is 2. The van der Waals surface area contributed by atoms with Crippen LogP contribution in [0.1, 0.15) is 9.88 Å². The van der Waals surface area contributed by atoms with Crippen molar-refractivity contribution in [3.05, 3.63) is 40.0 Å². The lowest BCUT2D eigenvalue weighted by Gasteiger charge is -1.99. The van der Waals surface area contributed by atoms with Crippen LogP contribution in [0, 0.1) is 12.7 Å². The van der Waals surface area contributed by atoms with Crippen LogP contribution >= 0.6 is 22.9 Å². The predicted molar refractivity (Wildman–Crippen MR) is 61.8 cm³/mol. The zero-order chi connectivity index (χ0) is 10.8. The van der Waals surface area contributed by atoms with Gasteiger partial charge in [-0.25, -0.2) is 9.37 Å². The molecule has 0 fully saturated rings. The van der Waals surface area contributed by atoms with Gasteiger partial charge in [-0.3, -0.25) is 0 Å². The SMILES string of the molecule is Cc1sc(CCl)nc1-c1ccccc1F. The van der Waals surface area contributed by atoms with Crippen LogP contribution in [0.2, 0.25) is 0 Å². The van der Waals surface area contributed by atoms with Crippen LogP contribution in [-0.4, -0.2) is 4.98 Å². The van der Waals surface area contributed by atoms with Gasteiger partial charge in [0, 0.05) is 10.4 Å². The van der Waals surface area contributed by atoms with Gasteiger partial charge in [0.2, 0.25) is 0 Å². The zero-order valence-electron chi connectivity index (χ0n) is 8.13. The second kappa shape index (κ2) is 4.29. The molecule has 0 N–H and O–H groups in total. The van der Waals surface area contributed by atoms with Crippen LogP contribution < -0.4 is 0 Å². The maximum Gasteiger partial charge on any atom is 0.132 e. The van der Waals surface area contributed by atoms with Gasteiger partial charge in [-0.2, -0.15) is 0 Å². The minimum atomic E-state index is -0.243. The maximum absolute atomic E-state index is 13.5. The van der Waals surface area contributed by atoms with Crippen LogP contribution in [0.15, 0.2) is 24.3 Å². The summed E-state index contributed by atoms with van der Waals surface area (Å²) in [5.74, 6) is 0.131. The molecule has 1 aromatic carbocycles. The molecule has 0 atom stereocenters. The second-order valence-corrected chi connectivity index (χ2v) is 4.68. The first-order valence-corrected chi connectivity index (χ1v) is 5.84. The molecule has 4 heteroatoms. The number of aryl methyl sites for hydroxylation is 1. The summed E-state index contributed by atoms with van der Waals surface area (Å²) < 4.78 is 13.5. The Morgan fingerprint density at radius 3 is 2.73 bits per heavy atom. The third-order valence-corrected chi connectivity index (χ3v) is 3.47. The average molecular weight is 242 g/mol. The highest BCUT2D eigenvalue weighted by molar-refractivity contribution is 7.12. The fraction of sp³-hybridized carbons (Fsp3) is 0.182. The fourth-order valence-electron chi connectivity index (χ4n) is 1.41. The lowest BCUT2D eigenvalue weighted by molar-refractivity contribution is 0.630. The molecule has 0 spiro atoms. The molecule has 0 aliphatic rings. The number of nitrogens with zero attached hydrogens (tertiary/aromatic N) is 1. The molecule has 0 radical (unpaired) electrons. The lowest BCUT2D eigenvalue weighted by atomic mass is 10.1. The van der Waals surface area contributed by atoms with Crippen LogP contribution in [0.4, 0.5) is 4.39 Å². The monoisotopic (exact) mass is 241 g/mol. The van der Waals surface area contributed by atoms with Crippen LogP contribution in [-0.2, 0) is 5.88 Å². The number of alkyl halides is 1. The van der Waals surface area contributed by atoms with Gasteiger partial charge in [-0.1, -0.05) is 12.1 Å². The van der Waals surface area contributed by atoms with E-state index in [1.165, 1.54) is 17.4 Å². The number of hydrogen-bond donors (Lipinski definition) is 0. The zero-order valence-corrected chi connectivity index (χ0v) is 9.70. The highest BCUT2D eigenvalue weighted by Crippen LogP contribution is 2.29. The van der Waals surface area contributed by atoms with E-state index in [0.29, 0.717) is 17.1 Å². The van der Waals surface area contributed by atoms with Crippen molar-refractivity contribution in [3.8, 4) is 11.3 Å². The van der Waals surface area contributed by atoms with Crippen LogP contribution in [0.25, 0.3) is 11.3 Å². The number of aromatic nitrogens is 1. The van der Waals surface area contributed by atoms with E-state index in [-0.39, 0.29) is 5.82 Å². The molecule has 0 saturated carbocycles. The summed E-state index contributed by atoms with van der Waals surface area (Å²) in [4.78, 5) is 5.30.